The maximum atomic E-state index is 13.2. The van der Waals surface area contributed by atoms with Crippen molar-refractivity contribution in [2.24, 2.45) is 0 Å². The van der Waals surface area contributed by atoms with Crippen LogP contribution in [0.25, 0.3) is 0 Å². The van der Waals surface area contributed by atoms with Crippen LogP contribution in [-0.4, -0.2) is 80.3 Å². The number of nitriles is 1. The molecule has 1 saturated heterocycles. The summed E-state index contributed by atoms with van der Waals surface area (Å²) in [7, 11) is 4.96. The largest absolute Gasteiger partial charge is 0.493 e. The van der Waals surface area contributed by atoms with Crippen LogP contribution in [0.4, 0.5) is 0 Å². The molecule has 162 valence electrons. The highest BCUT2D eigenvalue weighted by Crippen LogP contribution is 2.27. The van der Waals surface area contributed by atoms with E-state index < -0.39 is 6.04 Å². The Morgan fingerprint density at radius 3 is 2.67 bits per heavy atom. The number of likely N-dealkylation sites (N-methyl/N-ethyl adjacent to an activating group) is 2. The minimum absolute atomic E-state index is 0.00882. The van der Waals surface area contributed by atoms with Crippen LogP contribution >= 0.6 is 0 Å². The Bertz CT molecular complexity index is 837. The molecule has 0 aliphatic carbocycles. The second-order valence-electron chi connectivity index (χ2n) is 7.92. The van der Waals surface area contributed by atoms with E-state index in [4.69, 9.17) is 14.2 Å². The Labute approximate surface area is 177 Å². The van der Waals surface area contributed by atoms with Crippen LogP contribution in [0, 0.1) is 11.3 Å². The molecule has 3 rings (SSSR count). The third-order valence-electron chi connectivity index (χ3n) is 5.98. The number of methoxy groups -OCH3 is 1. The molecule has 0 radical (unpaired) electrons. The van der Waals surface area contributed by atoms with Gasteiger partial charge in [0.05, 0.1) is 36.0 Å². The van der Waals surface area contributed by atoms with Crippen molar-refractivity contribution < 1.29 is 23.8 Å². The van der Waals surface area contributed by atoms with Gasteiger partial charge in [-0.15, -0.1) is 0 Å². The number of carbonyl (C=O) groups excluding carboxylic acids is 2. The van der Waals surface area contributed by atoms with Crippen LogP contribution in [0.3, 0.4) is 0 Å². The van der Waals surface area contributed by atoms with E-state index in [2.05, 4.69) is 0 Å². The highest BCUT2D eigenvalue weighted by atomic mass is 16.5. The summed E-state index contributed by atoms with van der Waals surface area (Å²) in [4.78, 5) is 29.1. The first-order valence-electron chi connectivity index (χ1n) is 10.2. The number of carbonyl (C=O) groups is 2. The Morgan fingerprint density at radius 2 is 1.97 bits per heavy atom. The maximum absolute atomic E-state index is 13.2. The fraction of sp³-hybridized carbons (Fsp3) is 0.591. The summed E-state index contributed by atoms with van der Waals surface area (Å²) in [6, 6.07) is 6.12. The summed E-state index contributed by atoms with van der Waals surface area (Å²) in [6.45, 7) is 2.46. The monoisotopic (exact) mass is 415 g/mol. The molecule has 1 aromatic rings. The molecule has 0 spiro atoms. The van der Waals surface area contributed by atoms with Crippen LogP contribution in [-0.2, 0) is 14.3 Å². The number of fused-ring (bicyclic) bond motifs is 3. The topological polar surface area (TPSA) is 92.1 Å². The van der Waals surface area contributed by atoms with Crippen LogP contribution in [0.5, 0.6) is 5.75 Å². The van der Waals surface area contributed by atoms with Gasteiger partial charge in [0.2, 0.25) is 5.91 Å². The predicted octanol–water partition coefficient (Wildman–Crippen LogP) is 1.82. The zero-order chi connectivity index (χ0) is 21.8. The smallest absolute Gasteiger partial charge is 0.258 e. The second-order valence-corrected chi connectivity index (χ2v) is 7.92. The lowest BCUT2D eigenvalue weighted by Crippen LogP contribution is -2.52. The van der Waals surface area contributed by atoms with E-state index in [9.17, 15) is 14.9 Å². The normalized spacial score (nSPS) is 28.2. The number of benzene rings is 1. The summed E-state index contributed by atoms with van der Waals surface area (Å²) >= 11 is 0. The summed E-state index contributed by atoms with van der Waals surface area (Å²) in [5.41, 5.74) is 0.637. The van der Waals surface area contributed by atoms with Crippen molar-refractivity contribution in [3.05, 3.63) is 29.3 Å². The Kier molecular flexibility index (Phi) is 6.95. The van der Waals surface area contributed by atoms with Crippen LogP contribution in [0.2, 0.25) is 0 Å². The van der Waals surface area contributed by atoms with Gasteiger partial charge in [-0.1, -0.05) is 0 Å². The fourth-order valence-electron chi connectivity index (χ4n) is 3.98. The van der Waals surface area contributed by atoms with Crippen molar-refractivity contribution in [2.75, 3.05) is 34.4 Å². The van der Waals surface area contributed by atoms with Gasteiger partial charge >= 0.3 is 0 Å². The van der Waals surface area contributed by atoms with Crippen LogP contribution < -0.4 is 4.74 Å². The Morgan fingerprint density at radius 1 is 1.20 bits per heavy atom. The zero-order valence-corrected chi connectivity index (χ0v) is 18.0. The Balaban J connectivity index is 1.94. The van der Waals surface area contributed by atoms with E-state index in [-0.39, 0.29) is 35.7 Å². The second kappa shape index (κ2) is 9.45. The van der Waals surface area contributed by atoms with Gasteiger partial charge in [0.25, 0.3) is 5.91 Å². The van der Waals surface area contributed by atoms with Crippen molar-refractivity contribution in [3.63, 3.8) is 0 Å². The van der Waals surface area contributed by atoms with Gasteiger partial charge in [-0.2, -0.15) is 5.26 Å². The van der Waals surface area contributed by atoms with Crippen molar-refractivity contribution in [2.45, 2.75) is 50.5 Å². The molecule has 8 nitrogen and oxygen atoms in total. The van der Waals surface area contributed by atoms with Crippen molar-refractivity contribution in [1.29, 1.82) is 5.26 Å². The molecule has 30 heavy (non-hydrogen) atoms. The number of hydrogen-bond acceptors (Lipinski definition) is 6. The molecular formula is C22H29N3O5. The number of rotatable bonds is 1. The molecule has 0 saturated carbocycles. The minimum Gasteiger partial charge on any atom is -0.493 e. The average Bonchev–Trinajstić information content (AvgIpc) is 2.76. The molecule has 2 bridgehead atoms. The maximum Gasteiger partial charge on any atom is 0.258 e. The van der Waals surface area contributed by atoms with E-state index in [0.717, 1.165) is 12.8 Å². The molecule has 2 heterocycles. The quantitative estimate of drug-likeness (QED) is 0.695. The molecule has 2 aliphatic rings. The fourth-order valence-corrected chi connectivity index (χ4v) is 3.98. The third kappa shape index (κ3) is 4.58. The number of nitrogens with zero attached hydrogens (tertiary/aromatic N) is 3. The van der Waals surface area contributed by atoms with E-state index in [1.807, 2.05) is 6.07 Å². The molecule has 0 aromatic heterocycles. The molecule has 2 amide bonds. The van der Waals surface area contributed by atoms with Gasteiger partial charge in [0, 0.05) is 34.2 Å². The number of amides is 2. The summed E-state index contributed by atoms with van der Waals surface area (Å²) < 4.78 is 17.7. The lowest BCUT2D eigenvalue weighted by Gasteiger charge is -2.39. The molecule has 1 aromatic carbocycles. The highest BCUT2D eigenvalue weighted by molar-refractivity contribution is 5.99. The molecule has 1 fully saturated rings. The standard InChI is InChI=1S/C22H29N3O5/c1-14-21(26)24(2)13-20-19(28-4)8-6-16(30-20)9-10-29-18-7-5-15(12-23)11-17(18)22(27)25(14)3/h5,7,11,14,16,19-20H,6,8-10,13H2,1-4H3/t14-,16+,19-,20-/m1/s1. The highest BCUT2D eigenvalue weighted by Gasteiger charge is 2.35. The van der Waals surface area contributed by atoms with Crippen molar-refractivity contribution in [3.8, 4) is 11.8 Å². The van der Waals surface area contributed by atoms with Gasteiger partial charge in [-0.25, -0.2) is 0 Å². The minimum atomic E-state index is -0.690. The molecule has 0 unspecified atom stereocenters. The molecular weight excluding hydrogens is 386 g/mol. The first kappa shape index (κ1) is 22.1. The summed E-state index contributed by atoms with van der Waals surface area (Å²) in [6.07, 6.45) is 2.03. The first-order valence-corrected chi connectivity index (χ1v) is 10.2. The SMILES string of the molecule is CO[C@@H]1CC[C@H]2CCOc3ccc(C#N)cc3C(=O)N(C)[C@H](C)C(=O)N(C)C[C@H]1O2. The van der Waals surface area contributed by atoms with E-state index >= 15 is 0 Å². The predicted molar refractivity (Wildman–Crippen MR) is 109 cm³/mol. The van der Waals surface area contributed by atoms with Gasteiger partial charge in [0.1, 0.15) is 17.9 Å². The van der Waals surface area contributed by atoms with Gasteiger partial charge in [-0.3, -0.25) is 9.59 Å². The Hall–Kier alpha value is -2.63. The van der Waals surface area contributed by atoms with Gasteiger partial charge < -0.3 is 24.0 Å². The molecule has 8 heteroatoms. The van der Waals surface area contributed by atoms with Gasteiger partial charge in [-0.05, 0) is 38.0 Å². The summed E-state index contributed by atoms with van der Waals surface area (Å²) in [5, 5.41) is 9.23. The first-order chi connectivity index (χ1) is 14.3. The lowest BCUT2D eigenvalue weighted by molar-refractivity contribution is -0.152. The number of hydrogen-bond donors (Lipinski definition) is 0. The van der Waals surface area contributed by atoms with E-state index in [0.29, 0.717) is 30.9 Å². The lowest BCUT2D eigenvalue weighted by atomic mass is 9.98. The van der Waals surface area contributed by atoms with Crippen molar-refractivity contribution in [1.82, 2.24) is 9.80 Å². The third-order valence-corrected chi connectivity index (χ3v) is 5.98. The van der Waals surface area contributed by atoms with Gasteiger partial charge in [0.15, 0.2) is 0 Å². The zero-order valence-electron chi connectivity index (χ0n) is 18.0. The molecule has 4 atom stereocenters. The summed E-state index contributed by atoms with van der Waals surface area (Å²) in [5.74, 6) is -0.153. The van der Waals surface area contributed by atoms with E-state index in [1.165, 1.54) is 11.0 Å². The molecule has 0 N–H and O–H groups in total. The average molecular weight is 415 g/mol. The van der Waals surface area contributed by atoms with E-state index in [1.54, 1.807) is 45.2 Å². The van der Waals surface area contributed by atoms with Crippen molar-refractivity contribution >= 4 is 11.8 Å². The van der Waals surface area contributed by atoms with Crippen LogP contribution in [0.15, 0.2) is 18.2 Å². The van der Waals surface area contributed by atoms with Crippen LogP contribution in [0.1, 0.15) is 42.1 Å². The molecule has 2 aliphatic heterocycles. The number of ether oxygens (including phenoxy) is 3.